The number of aromatic nitrogens is 1. The molecule has 4 fully saturated rings. The molecule has 1 aromatic heterocycles. The smallest absolute Gasteiger partial charge is 0.354 e. The van der Waals surface area contributed by atoms with E-state index in [1.165, 1.54) is 44.6 Å². The third-order valence-corrected chi connectivity index (χ3v) is 5.57. The van der Waals surface area contributed by atoms with E-state index < -0.39 is 5.97 Å². The van der Waals surface area contributed by atoms with Crippen LogP contribution in [0.4, 0.5) is 11.5 Å². The molecule has 0 aliphatic heterocycles. The van der Waals surface area contributed by atoms with Crippen molar-refractivity contribution in [1.82, 2.24) is 4.98 Å². The molecule has 0 saturated heterocycles. The Bertz CT molecular complexity index is 564. The van der Waals surface area contributed by atoms with Gasteiger partial charge in [-0.2, -0.15) is 0 Å². The minimum atomic E-state index is -1.01. The number of hydrogen-bond acceptors (Lipinski definition) is 4. The number of aromatic carboxylic acids is 1. The lowest BCUT2D eigenvalue weighted by Gasteiger charge is -2.57. The van der Waals surface area contributed by atoms with Gasteiger partial charge in [0.05, 0.1) is 5.69 Å². The van der Waals surface area contributed by atoms with Crippen LogP contribution in [0.1, 0.15) is 49.0 Å². The highest BCUT2D eigenvalue weighted by Gasteiger charge is 2.51. The summed E-state index contributed by atoms with van der Waals surface area (Å²) in [5.74, 6) is 2.02. The summed E-state index contributed by atoms with van der Waals surface area (Å²) >= 11 is 0. The number of anilines is 2. The van der Waals surface area contributed by atoms with E-state index in [2.05, 4.69) is 10.3 Å². The van der Waals surface area contributed by atoms with Gasteiger partial charge in [0.25, 0.3) is 0 Å². The fourth-order valence-corrected chi connectivity index (χ4v) is 5.20. The second-order valence-electron chi connectivity index (χ2n) is 7.26. The molecule has 0 amide bonds. The van der Waals surface area contributed by atoms with Gasteiger partial charge >= 0.3 is 5.97 Å². The van der Waals surface area contributed by atoms with Gasteiger partial charge in [0.1, 0.15) is 0 Å². The Hall–Kier alpha value is -1.78. The largest absolute Gasteiger partial charge is 0.477 e. The van der Waals surface area contributed by atoms with Crippen molar-refractivity contribution in [3.8, 4) is 0 Å². The van der Waals surface area contributed by atoms with E-state index in [0.29, 0.717) is 11.5 Å². The van der Waals surface area contributed by atoms with E-state index in [4.69, 9.17) is 10.8 Å². The molecular formula is C16H21N3O2. The Morgan fingerprint density at radius 3 is 2.29 bits per heavy atom. The predicted octanol–water partition coefficient (Wildman–Crippen LogP) is 2.74. The number of hydrogen-bond donors (Lipinski definition) is 3. The molecular weight excluding hydrogens is 266 g/mol. The lowest BCUT2D eigenvalue weighted by Crippen LogP contribution is -2.55. The summed E-state index contributed by atoms with van der Waals surface area (Å²) in [4.78, 5) is 15.3. The first-order valence-corrected chi connectivity index (χ1v) is 7.81. The number of nitrogens with zero attached hydrogens (tertiary/aromatic N) is 1. The number of nitrogens with one attached hydrogen (secondary N) is 1. The van der Waals surface area contributed by atoms with Gasteiger partial charge in [0.2, 0.25) is 0 Å². The van der Waals surface area contributed by atoms with Crippen molar-refractivity contribution in [2.24, 2.45) is 17.8 Å². The van der Waals surface area contributed by atoms with Crippen LogP contribution in [0.5, 0.6) is 0 Å². The van der Waals surface area contributed by atoms with E-state index in [0.717, 1.165) is 17.8 Å². The van der Waals surface area contributed by atoms with Crippen molar-refractivity contribution in [2.75, 3.05) is 11.1 Å². The predicted molar refractivity (Wildman–Crippen MR) is 80.1 cm³/mol. The normalized spacial score (nSPS) is 36.7. The second kappa shape index (κ2) is 4.36. The molecule has 4 aliphatic rings. The maximum absolute atomic E-state index is 11.1. The van der Waals surface area contributed by atoms with Gasteiger partial charge in [-0.15, -0.1) is 0 Å². The van der Waals surface area contributed by atoms with Crippen molar-refractivity contribution in [3.05, 3.63) is 17.8 Å². The van der Waals surface area contributed by atoms with Crippen molar-refractivity contribution < 1.29 is 9.90 Å². The number of carboxylic acids is 1. The SMILES string of the molecule is Nc1ccc(C(=O)O)nc1NC12CC3CC(CC(C3)C1)C2. The highest BCUT2D eigenvalue weighted by Crippen LogP contribution is 2.56. The van der Waals surface area contributed by atoms with Crippen LogP contribution in [0.2, 0.25) is 0 Å². The summed E-state index contributed by atoms with van der Waals surface area (Å²) in [5, 5.41) is 12.6. The van der Waals surface area contributed by atoms with Crippen molar-refractivity contribution in [1.29, 1.82) is 0 Å². The minimum absolute atomic E-state index is 0.0522. The second-order valence-corrected chi connectivity index (χ2v) is 7.26. The number of nitrogens with two attached hydrogens (primary N) is 1. The molecule has 112 valence electrons. The lowest BCUT2D eigenvalue weighted by atomic mass is 9.53. The third kappa shape index (κ3) is 2.15. The zero-order chi connectivity index (χ0) is 14.6. The highest BCUT2D eigenvalue weighted by molar-refractivity contribution is 5.86. The van der Waals surface area contributed by atoms with Crippen LogP contribution >= 0.6 is 0 Å². The van der Waals surface area contributed by atoms with Gasteiger partial charge in [0, 0.05) is 5.54 Å². The molecule has 4 N–H and O–H groups in total. The van der Waals surface area contributed by atoms with Gasteiger partial charge in [-0.1, -0.05) is 0 Å². The van der Waals surface area contributed by atoms with Gasteiger partial charge in [-0.05, 0) is 68.4 Å². The summed E-state index contributed by atoms with van der Waals surface area (Å²) in [6.07, 6.45) is 7.66. The average Bonchev–Trinajstić information content (AvgIpc) is 2.39. The summed E-state index contributed by atoms with van der Waals surface area (Å²) in [5.41, 5.74) is 6.68. The fourth-order valence-electron chi connectivity index (χ4n) is 5.20. The molecule has 1 heterocycles. The number of nitrogen functional groups attached to an aromatic ring is 1. The van der Waals surface area contributed by atoms with Crippen LogP contribution in [0, 0.1) is 17.8 Å². The third-order valence-electron chi connectivity index (χ3n) is 5.57. The molecule has 0 unspecified atom stereocenters. The molecule has 5 nitrogen and oxygen atoms in total. The monoisotopic (exact) mass is 287 g/mol. The quantitative estimate of drug-likeness (QED) is 0.795. The molecule has 0 spiro atoms. The van der Waals surface area contributed by atoms with Crippen molar-refractivity contribution in [3.63, 3.8) is 0 Å². The Labute approximate surface area is 123 Å². The molecule has 0 atom stereocenters. The Kier molecular flexibility index (Phi) is 2.68. The highest BCUT2D eigenvalue weighted by atomic mass is 16.4. The number of carboxylic acid groups (broad SMARTS) is 1. The van der Waals surface area contributed by atoms with Gasteiger partial charge in [-0.3, -0.25) is 0 Å². The summed E-state index contributed by atoms with van der Waals surface area (Å²) in [7, 11) is 0. The molecule has 4 bridgehead atoms. The molecule has 1 aromatic rings. The van der Waals surface area contributed by atoms with Gasteiger partial charge in [-0.25, -0.2) is 9.78 Å². The van der Waals surface area contributed by atoms with Crippen molar-refractivity contribution in [2.45, 2.75) is 44.1 Å². The zero-order valence-corrected chi connectivity index (χ0v) is 12.0. The molecule has 0 radical (unpaired) electrons. The van der Waals surface area contributed by atoms with E-state index in [1.54, 1.807) is 6.07 Å². The van der Waals surface area contributed by atoms with Crippen LogP contribution in [0.15, 0.2) is 12.1 Å². The number of carbonyl (C=O) groups is 1. The molecule has 4 saturated carbocycles. The first kappa shape index (κ1) is 12.9. The van der Waals surface area contributed by atoms with Crippen LogP contribution in [-0.2, 0) is 0 Å². The van der Waals surface area contributed by atoms with Crippen LogP contribution < -0.4 is 11.1 Å². The minimum Gasteiger partial charge on any atom is -0.477 e. The molecule has 0 aromatic carbocycles. The van der Waals surface area contributed by atoms with E-state index >= 15 is 0 Å². The van der Waals surface area contributed by atoms with Crippen LogP contribution in [-0.4, -0.2) is 21.6 Å². The molecule has 5 rings (SSSR count). The molecule has 21 heavy (non-hydrogen) atoms. The maximum atomic E-state index is 11.1. The number of rotatable bonds is 3. The van der Waals surface area contributed by atoms with E-state index in [9.17, 15) is 4.79 Å². The van der Waals surface area contributed by atoms with Crippen LogP contribution in [0.25, 0.3) is 0 Å². The van der Waals surface area contributed by atoms with Crippen LogP contribution in [0.3, 0.4) is 0 Å². The molecule has 4 aliphatic carbocycles. The fraction of sp³-hybridized carbons (Fsp3) is 0.625. The average molecular weight is 287 g/mol. The topological polar surface area (TPSA) is 88.2 Å². The number of pyridine rings is 1. The Morgan fingerprint density at radius 2 is 1.76 bits per heavy atom. The Balaban J connectivity index is 1.64. The lowest BCUT2D eigenvalue weighted by molar-refractivity contribution is 0.0105. The van der Waals surface area contributed by atoms with Gasteiger partial charge in [0.15, 0.2) is 11.5 Å². The van der Waals surface area contributed by atoms with Gasteiger partial charge < -0.3 is 16.2 Å². The standard InChI is InChI=1S/C16H21N3O2/c17-12-1-2-13(15(20)21)18-14(12)19-16-6-9-3-10(7-16)5-11(4-9)8-16/h1-2,9-11H,3-8,17H2,(H,18,19)(H,20,21). The van der Waals surface area contributed by atoms with E-state index in [1.807, 2.05) is 0 Å². The van der Waals surface area contributed by atoms with Crippen molar-refractivity contribution >= 4 is 17.5 Å². The summed E-state index contributed by atoms with van der Waals surface area (Å²) < 4.78 is 0. The zero-order valence-electron chi connectivity index (χ0n) is 12.0. The van der Waals surface area contributed by atoms with E-state index in [-0.39, 0.29) is 11.2 Å². The molecule has 5 heteroatoms. The first-order chi connectivity index (χ1) is 10.0. The maximum Gasteiger partial charge on any atom is 0.354 e. The summed E-state index contributed by atoms with van der Waals surface area (Å²) in [6.45, 7) is 0. The summed E-state index contributed by atoms with van der Waals surface area (Å²) in [6, 6.07) is 3.10. The first-order valence-electron chi connectivity index (χ1n) is 7.81. The Morgan fingerprint density at radius 1 is 1.19 bits per heavy atom.